The lowest BCUT2D eigenvalue weighted by Gasteiger charge is -2.07. The van der Waals surface area contributed by atoms with Crippen molar-refractivity contribution in [3.05, 3.63) is 88.2 Å². The number of nitro groups is 1. The molecule has 1 amide bonds. The van der Waals surface area contributed by atoms with E-state index < -0.39 is 23.4 Å². The van der Waals surface area contributed by atoms with Crippen LogP contribution in [0.15, 0.2) is 72.0 Å². The van der Waals surface area contributed by atoms with Crippen LogP contribution >= 0.6 is 0 Å². The van der Waals surface area contributed by atoms with Crippen molar-refractivity contribution in [2.75, 3.05) is 6.61 Å². The van der Waals surface area contributed by atoms with E-state index >= 15 is 0 Å². The number of carbonyl (C=O) groups excluding carboxylic acids is 1. The Morgan fingerprint density at radius 2 is 1.97 bits per heavy atom. The molecule has 10 nitrogen and oxygen atoms in total. The predicted molar refractivity (Wildman–Crippen MR) is 107 cm³/mol. The zero-order valence-electron chi connectivity index (χ0n) is 15.5. The number of carboxylic acids is 1. The molecule has 0 bridgehead atoms. The Morgan fingerprint density at radius 1 is 1.17 bits per heavy atom. The van der Waals surface area contributed by atoms with Crippen molar-refractivity contribution in [2.24, 2.45) is 5.10 Å². The number of hydrogen-bond donors (Lipinski definition) is 2. The first kappa shape index (κ1) is 20.3. The first-order chi connectivity index (χ1) is 14.5. The van der Waals surface area contributed by atoms with Gasteiger partial charge in [0.1, 0.15) is 0 Å². The number of nitrogens with one attached hydrogen (secondary N) is 1. The van der Waals surface area contributed by atoms with Crippen LogP contribution in [0.2, 0.25) is 0 Å². The summed E-state index contributed by atoms with van der Waals surface area (Å²) in [6.45, 7) is -0.455. The van der Waals surface area contributed by atoms with Gasteiger partial charge >= 0.3 is 11.7 Å². The highest BCUT2D eigenvalue weighted by Crippen LogP contribution is 2.25. The maximum absolute atomic E-state index is 11.9. The number of hydrogen-bond acceptors (Lipinski definition) is 6. The van der Waals surface area contributed by atoms with E-state index in [2.05, 4.69) is 10.5 Å². The minimum atomic E-state index is -1.04. The van der Waals surface area contributed by atoms with Crippen LogP contribution in [0.5, 0.6) is 5.75 Å². The standard InChI is InChI=1S/C20H16N4O6/c25-19(13-30-18-9-2-1-8-17(18)24(28)29)22-21-12-16-7-4-10-23(16)15-6-3-5-14(11-15)20(26)27/h1-12H,13H2,(H,22,25)(H,26,27)/b21-12+. The summed E-state index contributed by atoms with van der Waals surface area (Å²) in [5.74, 6) is -1.66. The molecule has 0 unspecified atom stereocenters. The molecule has 0 fully saturated rings. The number of benzene rings is 2. The van der Waals surface area contributed by atoms with E-state index in [9.17, 15) is 19.7 Å². The van der Waals surface area contributed by atoms with Crippen molar-refractivity contribution in [1.82, 2.24) is 9.99 Å². The lowest BCUT2D eigenvalue weighted by molar-refractivity contribution is -0.385. The first-order valence-electron chi connectivity index (χ1n) is 8.65. The van der Waals surface area contributed by atoms with Gasteiger partial charge in [-0.3, -0.25) is 14.9 Å². The summed E-state index contributed by atoms with van der Waals surface area (Å²) in [5.41, 5.74) is 3.39. The van der Waals surface area contributed by atoms with Gasteiger partial charge < -0.3 is 14.4 Å². The predicted octanol–water partition coefficient (Wildman–Crippen LogP) is 2.61. The van der Waals surface area contributed by atoms with E-state index in [0.717, 1.165) is 0 Å². The lowest BCUT2D eigenvalue weighted by Crippen LogP contribution is -2.24. The topological polar surface area (TPSA) is 136 Å². The normalized spacial score (nSPS) is 10.7. The second-order valence-corrected chi connectivity index (χ2v) is 5.97. The average Bonchev–Trinajstić information content (AvgIpc) is 3.21. The fourth-order valence-electron chi connectivity index (χ4n) is 2.60. The van der Waals surface area contributed by atoms with Crippen LogP contribution in [-0.2, 0) is 4.79 Å². The van der Waals surface area contributed by atoms with Crippen LogP contribution in [0.1, 0.15) is 16.1 Å². The van der Waals surface area contributed by atoms with Gasteiger partial charge in [-0.05, 0) is 36.4 Å². The summed E-state index contributed by atoms with van der Waals surface area (Å²) in [4.78, 5) is 33.4. The van der Waals surface area contributed by atoms with Crippen molar-refractivity contribution in [1.29, 1.82) is 0 Å². The number of carbonyl (C=O) groups is 2. The molecule has 0 radical (unpaired) electrons. The summed E-state index contributed by atoms with van der Waals surface area (Å²) in [6.07, 6.45) is 3.11. The zero-order valence-corrected chi connectivity index (χ0v) is 15.5. The molecule has 152 valence electrons. The van der Waals surface area contributed by atoms with Gasteiger partial charge in [-0.1, -0.05) is 18.2 Å². The monoisotopic (exact) mass is 408 g/mol. The third-order valence-electron chi connectivity index (χ3n) is 3.96. The Morgan fingerprint density at radius 3 is 2.73 bits per heavy atom. The van der Waals surface area contributed by atoms with Crippen LogP contribution in [0.25, 0.3) is 5.69 Å². The number of aromatic carboxylic acids is 1. The SMILES string of the molecule is O=C(COc1ccccc1[N+](=O)[O-])N/N=C/c1cccn1-c1cccc(C(=O)O)c1. The van der Waals surface area contributed by atoms with Gasteiger partial charge in [0, 0.05) is 18.0 Å². The molecule has 30 heavy (non-hydrogen) atoms. The number of amides is 1. The van der Waals surface area contributed by atoms with Crippen molar-refractivity contribution in [3.63, 3.8) is 0 Å². The van der Waals surface area contributed by atoms with E-state index in [0.29, 0.717) is 11.4 Å². The molecule has 1 aromatic heterocycles. The first-order valence-corrected chi connectivity index (χ1v) is 8.65. The van der Waals surface area contributed by atoms with Crippen molar-refractivity contribution < 1.29 is 24.4 Å². The molecule has 2 aromatic carbocycles. The third kappa shape index (κ3) is 4.87. The number of aromatic nitrogens is 1. The van der Waals surface area contributed by atoms with Crippen molar-refractivity contribution in [3.8, 4) is 11.4 Å². The van der Waals surface area contributed by atoms with Crippen molar-refractivity contribution in [2.45, 2.75) is 0 Å². The van der Waals surface area contributed by atoms with E-state index in [1.165, 1.54) is 36.5 Å². The fourth-order valence-corrected chi connectivity index (χ4v) is 2.60. The number of hydrazone groups is 1. The van der Waals surface area contributed by atoms with Gasteiger partial charge in [0.15, 0.2) is 12.4 Å². The van der Waals surface area contributed by atoms with Gasteiger partial charge in [0.2, 0.25) is 0 Å². The van der Waals surface area contributed by atoms with Gasteiger partial charge in [-0.2, -0.15) is 5.10 Å². The van der Waals surface area contributed by atoms with Crippen LogP contribution < -0.4 is 10.2 Å². The molecule has 0 aliphatic carbocycles. The molecular weight excluding hydrogens is 392 g/mol. The van der Waals surface area contributed by atoms with Gasteiger partial charge in [-0.15, -0.1) is 0 Å². The molecule has 2 N–H and O–H groups in total. The quantitative estimate of drug-likeness (QED) is 0.334. The molecule has 3 aromatic rings. The summed E-state index contributed by atoms with van der Waals surface area (Å²) >= 11 is 0. The number of nitrogens with zero attached hydrogens (tertiary/aromatic N) is 3. The smallest absolute Gasteiger partial charge is 0.335 e. The Balaban J connectivity index is 1.62. The average molecular weight is 408 g/mol. The van der Waals surface area contributed by atoms with Gasteiger partial charge in [0.05, 0.1) is 22.4 Å². The van der Waals surface area contributed by atoms with Crippen LogP contribution in [0, 0.1) is 10.1 Å². The van der Waals surface area contributed by atoms with E-state index in [4.69, 9.17) is 9.84 Å². The van der Waals surface area contributed by atoms with Crippen LogP contribution in [0.4, 0.5) is 5.69 Å². The molecule has 3 rings (SSSR count). The second-order valence-electron chi connectivity index (χ2n) is 5.97. The van der Waals surface area contributed by atoms with E-state index in [1.54, 1.807) is 41.1 Å². The van der Waals surface area contributed by atoms with Crippen molar-refractivity contribution >= 4 is 23.8 Å². The highest BCUT2D eigenvalue weighted by atomic mass is 16.6. The summed E-state index contributed by atoms with van der Waals surface area (Å²) < 4.78 is 6.89. The number of para-hydroxylation sites is 2. The number of nitro benzene ring substituents is 1. The summed E-state index contributed by atoms with van der Waals surface area (Å²) in [7, 11) is 0. The third-order valence-corrected chi connectivity index (χ3v) is 3.96. The number of rotatable bonds is 8. The number of carboxylic acid groups (broad SMARTS) is 1. The Labute approximate surface area is 170 Å². The van der Waals surface area contributed by atoms with E-state index in [-0.39, 0.29) is 17.0 Å². The Kier molecular flexibility index (Phi) is 6.18. The van der Waals surface area contributed by atoms with Gasteiger partial charge in [-0.25, -0.2) is 10.2 Å². The molecule has 0 saturated carbocycles. The minimum Gasteiger partial charge on any atom is -0.478 e. The molecule has 0 spiro atoms. The second kappa shape index (κ2) is 9.15. The van der Waals surface area contributed by atoms with Gasteiger partial charge in [0.25, 0.3) is 5.91 Å². The van der Waals surface area contributed by atoms with Crippen LogP contribution in [0.3, 0.4) is 0 Å². The number of ether oxygens (including phenoxy) is 1. The highest BCUT2D eigenvalue weighted by Gasteiger charge is 2.14. The Hall–Kier alpha value is -4.47. The Bertz CT molecular complexity index is 1120. The fraction of sp³-hybridized carbons (Fsp3) is 0.0500. The van der Waals surface area contributed by atoms with Crippen LogP contribution in [-0.4, -0.2) is 39.3 Å². The molecule has 1 heterocycles. The molecule has 0 aliphatic heterocycles. The zero-order chi connectivity index (χ0) is 21.5. The summed E-state index contributed by atoms with van der Waals surface area (Å²) in [6, 6.07) is 15.6. The largest absolute Gasteiger partial charge is 0.478 e. The summed E-state index contributed by atoms with van der Waals surface area (Å²) in [5, 5.41) is 23.9. The highest BCUT2D eigenvalue weighted by molar-refractivity contribution is 5.88. The molecule has 10 heteroatoms. The molecular formula is C20H16N4O6. The minimum absolute atomic E-state index is 0.0196. The molecule has 0 aliphatic rings. The molecule has 0 saturated heterocycles. The molecule has 0 atom stereocenters. The van der Waals surface area contributed by atoms with E-state index in [1.807, 2.05) is 0 Å². The lowest BCUT2D eigenvalue weighted by atomic mass is 10.2. The maximum Gasteiger partial charge on any atom is 0.335 e. The maximum atomic E-state index is 11.9.